The Hall–Kier alpha value is -1.12. The third-order valence-corrected chi connectivity index (χ3v) is 4.30. The Labute approximate surface area is 120 Å². The molecule has 0 aliphatic rings. The second-order valence-corrected chi connectivity index (χ2v) is 6.32. The smallest absolute Gasteiger partial charge is 0.0585 e. The molecule has 102 valence electrons. The number of nitrogens with one attached hydrogen (secondary N) is 1. The predicted octanol–water partition coefficient (Wildman–Crippen LogP) is 4.56. The van der Waals surface area contributed by atoms with Gasteiger partial charge in [0.1, 0.15) is 0 Å². The number of rotatable bonds is 5. The summed E-state index contributed by atoms with van der Waals surface area (Å²) in [5.74, 6) is 0.700. The average molecular weight is 273 g/mol. The minimum Gasteiger partial charge on any atom is -0.309 e. The molecule has 1 nitrogen and oxygen atoms in total. The van der Waals surface area contributed by atoms with Crippen LogP contribution < -0.4 is 5.32 Å². The first-order valence-corrected chi connectivity index (χ1v) is 7.85. The van der Waals surface area contributed by atoms with Gasteiger partial charge >= 0.3 is 0 Å². The molecule has 2 aromatic rings. The molecule has 0 aliphatic carbocycles. The highest BCUT2D eigenvalue weighted by Gasteiger charge is 2.15. The first kappa shape index (κ1) is 14.3. The number of hydrogen-bond donors (Lipinski definition) is 1. The van der Waals surface area contributed by atoms with Crippen LogP contribution in [0.1, 0.15) is 42.1 Å². The van der Waals surface area contributed by atoms with Crippen molar-refractivity contribution in [2.24, 2.45) is 5.92 Å². The number of hydrogen-bond acceptors (Lipinski definition) is 2. The normalized spacial score (nSPS) is 12.9. The van der Waals surface area contributed by atoms with Gasteiger partial charge in [-0.15, -0.1) is 0 Å². The van der Waals surface area contributed by atoms with Crippen LogP contribution in [0.4, 0.5) is 0 Å². The Bertz CT molecular complexity index is 528. The van der Waals surface area contributed by atoms with Crippen molar-refractivity contribution in [2.45, 2.75) is 33.2 Å². The minimum absolute atomic E-state index is 0.304. The summed E-state index contributed by atoms with van der Waals surface area (Å²) in [6, 6.07) is 9.29. The van der Waals surface area contributed by atoms with E-state index >= 15 is 0 Å². The van der Waals surface area contributed by atoms with Gasteiger partial charge < -0.3 is 5.32 Å². The van der Waals surface area contributed by atoms with Gasteiger partial charge in [0.2, 0.25) is 0 Å². The fourth-order valence-corrected chi connectivity index (χ4v) is 3.42. The van der Waals surface area contributed by atoms with E-state index in [-0.39, 0.29) is 0 Å². The molecule has 0 bridgehead atoms. The van der Waals surface area contributed by atoms with Crippen LogP contribution in [0.3, 0.4) is 0 Å². The zero-order chi connectivity index (χ0) is 13.8. The van der Waals surface area contributed by atoms with Crippen molar-refractivity contribution in [3.8, 4) is 0 Å². The lowest BCUT2D eigenvalue weighted by Gasteiger charge is -2.18. The SMILES string of the molecule is CNC(c1cccc(CC(C)C)c1)c1cscc1C. The quantitative estimate of drug-likeness (QED) is 0.842. The molecule has 0 aliphatic heterocycles. The highest BCUT2D eigenvalue weighted by atomic mass is 32.1. The summed E-state index contributed by atoms with van der Waals surface area (Å²) in [4.78, 5) is 0. The van der Waals surface area contributed by atoms with E-state index in [4.69, 9.17) is 0 Å². The molecular weight excluding hydrogens is 250 g/mol. The maximum absolute atomic E-state index is 3.45. The molecule has 1 aromatic carbocycles. The standard InChI is InChI=1S/C17H23NS/c1-12(2)8-14-6-5-7-15(9-14)17(18-4)16-11-19-10-13(16)3/h5-7,9-12,17-18H,8H2,1-4H3. The summed E-state index contributed by atoms with van der Waals surface area (Å²) >= 11 is 1.78. The summed E-state index contributed by atoms with van der Waals surface area (Å²) in [6.45, 7) is 6.73. The first-order chi connectivity index (χ1) is 9.11. The third-order valence-electron chi connectivity index (χ3n) is 3.42. The zero-order valence-corrected chi connectivity index (χ0v) is 13.1. The van der Waals surface area contributed by atoms with Crippen LogP contribution in [0.5, 0.6) is 0 Å². The molecule has 0 saturated heterocycles. The van der Waals surface area contributed by atoms with Crippen molar-refractivity contribution in [2.75, 3.05) is 7.05 Å². The molecule has 1 atom stereocenters. The van der Waals surface area contributed by atoms with Crippen molar-refractivity contribution < 1.29 is 0 Å². The van der Waals surface area contributed by atoms with Gasteiger partial charge in [0.25, 0.3) is 0 Å². The minimum atomic E-state index is 0.304. The zero-order valence-electron chi connectivity index (χ0n) is 12.2. The van der Waals surface area contributed by atoms with Gasteiger partial charge in [-0.25, -0.2) is 0 Å². The van der Waals surface area contributed by atoms with Crippen molar-refractivity contribution in [3.05, 3.63) is 57.3 Å². The maximum Gasteiger partial charge on any atom is 0.0585 e. The molecule has 19 heavy (non-hydrogen) atoms. The van der Waals surface area contributed by atoms with Gasteiger partial charge in [-0.1, -0.05) is 38.1 Å². The molecule has 2 heteroatoms. The molecule has 0 saturated carbocycles. The molecular formula is C17H23NS. The van der Waals surface area contributed by atoms with E-state index in [2.05, 4.69) is 61.1 Å². The Balaban J connectivity index is 2.31. The highest BCUT2D eigenvalue weighted by molar-refractivity contribution is 7.08. The van der Waals surface area contributed by atoms with E-state index in [1.807, 2.05) is 7.05 Å². The summed E-state index contributed by atoms with van der Waals surface area (Å²) in [5, 5.41) is 7.92. The topological polar surface area (TPSA) is 12.0 Å². The fraction of sp³-hybridized carbons (Fsp3) is 0.412. The number of thiophene rings is 1. The van der Waals surface area contributed by atoms with E-state index in [0.717, 1.165) is 6.42 Å². The van der Waals surface area contributed by atoms with Crippen LogP contribution in [-0.2, 0) is 6.42 Å². The van der Waals surface area contributed by atoms with Crippen LogP contribution >= 0.6 is 11.3 Å². The molecule has 0 spiro atoms. The second kappa shape index (κ2) is 6.36. The van der Waals surface area contributed by atoms with Crippen LogP contribution in [0.15, 0.2) is 35.0 Å². The summed E-state index contributed by atoms with van der Waals surface area (Å²) < 4.78 is 0. The summed E-state index contributed by atoms with van der Waals surface area (Å²) in [5.41, 5.74) is 5.57. The fourth-order valence-electron chi connectivity index (χ4n) is 2.54. The molecule has 0 fully saturated rings. The maximum atomic E-state index is 3.45. The van der Waals surface area contributed by atoms with Crippen molar-refractivity contribution >= 4 is 11.3 Å². The van der Waals surface area contributed by atoms with Gasteiger partial charge in [-0.3, -0.25) is 0 Å². The second-order valence-electron chi connectivity index (χ2n) is 5.57. The molecule has 0 radical (unpaired) electrons. The molecule has 0 amide bonds. The number of benzene rings is 1. The van der Waals surface area contributed by atoms with E-state index in [9.17, 15) is 0 Å². The summed E-state index contributed by atoms with van der Waals surface area (Å²) in [6.07, 6.45) is 1.15. The lowest BCUT2D eigenvalue weighted by atomic mass is 9.94. The van der Waals surface area contributed by atoms with E-state index in [1.165, 1.54) is 22.3 Å². The van der Waals surface area contributed by atoms with Gasteiger partial charge in [0.05, 0.1) is 6.04 Å². The molecule has 1 aromatic heterocycles. The Morgan fingerprint density at radius 3 is 2.58 bits per heavy atom. The molecule has 1 unspecified atom stereocenters. The summed E-state index contributed by atoms with van der Waals surface area (Å²) in [7, 11) is 2.04. The Morgan fingerprint density at radius 1 is 1.21 bits per heavy atom. The molecule has 2 rings (SSSR count). The molecule has 1 heterocycles. The average Bonchev–Trinajstić information content (AvgIpc) is 2.77. The van der Waals surface area contributed by atoms with Crippen molar-refractivity contribution in [3.63, 3.8) is 0 Å². The molecule has 1 N–H and O–H groups in total. The van der Waals surface area contributed by atoms with Gasteiger partial charge in [-0.05, 0) is 59.3 Å². The predicted molar refractivity (Wildman–Crippen MR) is 84.9 cm³/mol. The van der Waals surface area contributed by atoms with Crippen molar-refractivity contribution in [1.82, 2.24) is 5.32 Å². The largest absolute Gasteiger partial charge is 0.309 e. The lowest BCUT2D eigenvalue weighted by molar-refractivity contribution is 0.643. The van der Waals surface area contributed by atoms with Gasteiger partial charge in [0.15, 0.2) is 0 Å². The highest BCUT2D eigenvalue weighted by Crippen LogP contribution is 2.28. The van der Waals surface area contributed by atoms with E-state index in [1.54, 1.807) is 11.3 Å². The van der Waals surface area contributed by atoms with E-state index < -0.39 is 0 Å². The van der Waals surface area contributed by atoms with Crippen LogP contribution in [0.2, 0.25) is 0 Å². The monoisotopic (exact) mass is 273 g/mol. The van der Waals surface area contributed by atoms with Gasteiger partial charge in [0, 0.05) is 0 Å². The first-order valence-electron chi connectivity index (χ1n) is 6.90. The van der Waals surface area contributed by atoms with Crippen LogP contribution in [-0.4, -0.2) is 7.05 Å². The Morgan fingerprint density at radius 2 is 2.00 bits per heavy atom. The van der Waals surface area contributed by atoms with Crippen LogP contribution in [0.25, 0.3) is 0 Å². The Kier molecular flexibility index (Phi) is 4.78. The lowest BCUT2D eigenvalue weighted by Crippen LogP contribution is -2.18. The van der Waals surface area contributed by atoms with E-state index in [0.29, 0.717) is 12.0 Å². The van der Waals surface area contributed by atoms with Gasteiger partial charge in [-0.2, -0.15) is 11.3 Å². The van der Waals surface area contributed by atoms with Crippen molar-refractivity contribution in [1.29, 1.82) is 0 Å². The third kappa shape index (κ3) is 3.46. The van der Waals surface area contributed by atoms with Crippen LogP contribution in [0, 0.1) is 12.8 Å². The number of aryl methyl sites for hydroxylation is 1.